The molecule has 0 radical (unpaired) electrons. The number of hydrogen-bond donors (Lipinski definition) is 0. The van der Waals surface area contributed by atoms with Crippen molar-refractivity contribution in [3.63, 3.8) is 0 Å². The molecule has 1 aromatic heterocycles. The van der Waals surface area contributed by atoms with Crippen molar-refractivity contribution < 1.29 is 4.39 Å². The maximum Gasteiger partial charge on any atom is 0.213 e. The van der Waals surface area contributed by atoms with Gasteiger partial charge < -0.3 is 0 Å². The summed E-state index contributed by atoms with van der Waals surface area (Å²) in [6, 6.07) is 4.86. The first-order valence-electron chi connectivity index (χ1n) is 3.58. The Balaban J connectivity index is 2.56. The zero-order chi connectivity index (χ0) is 8.10. The first-order valence-corrected chi connectivity index (χ1v) is 4.57. The molecule has 0 aliphatic rings. The highest BCUT2D eigenvalue weighted by Crippen LogP contribution is 2.15. The van der Waals surface area contributed by atoms with E-state index in [9.17, 15) is 4.39 Å². The van der Waals surface area contributed by atoms with Crippen LogP contribution < -0.4 is 0 Å². The van der Waals surface area contributed by atoms with Crippen LogP contribution in [0.25, 0.3) is 0 Å². The molecule has 3 heteroatoms. The Hall–Kier alpha value is -0.570. The van der Waals surface area contributed by atoms with E-state index in [1.54, 1.807) is 17.8 Å². The average molecular weight is 171 g/mol. The summed E-state index contributed by atoms with van der Waals surface area (Å²) in [6.45, 7) is 2.09. The molecule has 0 saturated carbocycles. The Bertz CT molecular complexity index is 227. The van der Waals surface area contributed by atoms with E-state index in [1.807, 2.05) is 6.07 Å². The number of rotatable bonds is 3. The molecule has 0 aliphatic heterocycles. The van der Waals surface area contributed by atoms with E-state index >= 15 is 0 Å². The Morgan fingerprint density at radius 1 is 1.55 bits per heavy atom. The second kappa shape index (κ2) is 4.34. The highest BCUT2D eigenvalue weighted by atomic mass is 32.2. The molecule has 0 aromatic carbocycles. The summed E-state index contributed by atoms with van der Waals surface area (Å²) >= 11 is 1.58. The molecule has 1 aromatic rings. The van der Waals surface area contributed by atoms with E-state index < -0.39 is 5.95 Å². The van der Waals surface area contributed by atoms with Crippen LogP contribution in [0.2, 0.25) is 0 Å². The lowest BCUT2D eigenvalue weighted by Gasteiger charge is -1.96. The lowest BCUT2D eigenvalue weighted by molar-refractivity contribution is 0.572. The van der Waals surface area contributed by atoms with Crippen molar-refractivity contribution in [2.24, 2.45) is 0 Å². The molecule has 1 heterocycles. The van der Waals surface area contributed by atoms with Crippen molar-refractivity contribution in [2.75, 3.05) is 5.75 Å². The summed E-state index contributed by atoms with van der Waals surface area (Å²) in [5.74, 6) is 0.599. The van der Waals surface area contributed by atoms with Crippen LogP contribution >= 0.6 is 11.8 Å². The standard InChI is InChI=1S/C8H10FNS/c1-2-6-11-8-5-3-4-7(9)10-8/h3-5H,2,6H2,1H3. The van der Waals surface area contributed by atoms with Crippen molar-refractivity contribution >= 4 is 11.8 Å². The van der Waals surface area contributed by atoms with E-state index in [2.05, 4.69) is 11.9 Å². The number of halogens is 1. The van der Waals surface area contributed by atoms with Gasteiger partial charge in [-0.2, -0.15) is 4.39 Å². The molecular formula is C8H10FNS. The fourth-order valence-corrected chi connectivity index (χ4v) is 1.42. The lowest BCUT2D eigenvalue weighted by atomic mass is 10.5. The van der Waals surface area contributed by atoms with Crippen LogP contribution in [-0.4, -0.2) is 10.7 Å². The zero-order valence-corrected chi connectivity index (χ0v) is 7.20. The van der Waals surface area contributed by atoms with Crippen LogP contribution in [0.1, 0.15) is 13.3 Å². The van der Waals surface area contributed by atoms with Crippen LogP contribution in [0, 0.1) is 5.95 Å². The van der Waals surface area contributed by atoms with Gasteiger partial charge in [-0.3, -0.25) is 0 Å². The molecule has 0 aliphatic carbocycles. The largest absolute Gasteiger partial charge is 0.213 e. The maximum absolute atomic E-state index is 12.5. The molecule has 0 atom stereocenters. The van der Waals surface area contributed by atoms with Crippen molar-refractivity contribution in [3.05, 3.63) is 24.1 Å². The van der Waals surface area contributed by atoms with Gasteiger partial charge >= 0.3 is 0 Å². The topological polar surface area (TPSA) is 12.9 Å². The van der Waals surface area contributed by atoms with Gasteiger partial charge in [0.05, 0.1) is 5.03 Å². The first kappa shape index (κ1) is 8.53. The second-order valence-electron chi connectivity index (χ2n) is 2.15. The first-order chi connectivity index (χ1) is 5.33. The Labute approximate surface area is 70.0 Å². The van der Waals surface area contributed by atoms with Gasteiger partial charge in [0.25, 0.3) is 0 Å². The summed E-state index contributed by atoms with van der Waals surface area (Å²) in [5, 5.41) is 0.770. The van der Waals surface area contributed by atoms with Gasteiger partial charge in [0.15, 0.2) is 0 Å². The molecule has 0 amide bonds. The van der Waals surface area contributed by atoms with Crippen LogP contribution in [-0.2, 0) is 0 Å². The zero-order valence-electron chi connectivity index (χ0n) is 6.38. The molecule has 0 unspecified atom stereocenters. The minimum absolute atomic E-state index is 0.397. The Kier molecular flexibility index (Phi) is 3.36. The highest BCUT2D eigenvalue weighted by Gasteiger charge is 1.95. The Morgan fingerprint density at radius 2 is 2.36 bits per heavy atom. The molecule has 1 nitrogen and oxygen atoms in total. The number of thioether (sulfide) groups is 1. The molecule has 0 saturated heterocycles. The molecule has 11 heavy (non-hydrogen) atoms. The van der Waals surface area contributed by atoms with Gasteiger partial charge in [0.2, 0.25) is 5.95 Å². The third-order valence-corrected chi connectivity index (χ3v) is 2.28. The average Bonchev–Trinajstić information content (AvgIpc) is 2.01. The van der Waals surface area contributed by atoms with E-state index in [0.29, 0.717) is 0 Å². The third-order valence-electron chi connectivity index (χ3n) is 1.14. The van der Waals surface area contributed by atoms with Crippen molar-refractivity contribution in [1.82, 2.24) is 4.98 Å². The molecule has 60 valence electrons. The van der Waals surface area contributed by atoms with Gasteiger partial charge in [-0.15, -0.1) is 11.8 Å². The summed E-state index contributed by atoms with van der Waals surface area (Å²) in [6.07, 6.45) is 1.09. The Morgan fingerprint density at radius 3 is 3.00 bits per heavy atom. The predicted octanol–water partition coefficient (Wildman–Crippen LogP) is 2.72. The van der Waals surface area contributed by atoms with Gasteiger partial charge in [-0.1, -0.05) is 13.0 Å². The number of pyridine rings is 1. The molecule has 0 spiro atoms. The summed E-state index contributed by atoms with van der Waals surface area (Å²) in [7, 11) is 0. The van der Waals surface area contributed by atoms with Gasteiger partial charge in [-0.25, -0.2) is 4.98 Å². The van der Waals surface area contributed by atoms with Gasteiger partial charge in [-0.05, 0) is 24.3 Å². The minimum atomic E-state index is -0.397. The molecule has 0 bridgehead atoms. The van der Waals surface area contributed by atoms with Crippen molar-refractivity contribution in [3.8, 4) is 0 Å². The summed E-state index contributed by atoms with van der Waals surface area (Å²) in [4.78, 5) is 3.71. The van der Waals surface area contributed by atoms with E-state index in [1.165, 1.54) is 6.07 Å². The quantitative estimate of drug-likeness (QED) is 0.512. The van der Waals surface area contributed by atoms with Crippen molar-refractivity contribution in [2.45, 2.75) is 18.4 Å². The van der Waals surface area contributed by atoms with Crippen LogP contribution in [0.5, 0.6) is 0 Å². The van der Waals surface area contributed by atoms with Crippen LogP contribution in [0.15, 0.2) is 23.2 Å². The number of nitrogens with zero attached hydrogens (tertiary/aromatic N) is 1. The smallest absolute Gasteiger partial charge is 0.213 e. The lowest BCUT2D eigenvalue weighted by Crippen LogP contribution is -1.84. The van der Waals surface area contributed by atoms with Gasteiger partial charge in [0, 0.05) is 0 Å². The monoisotopic (exact) mass is 171 g/mol. The minimum Gasteiger partial charge on any atom is -0.213 e. The fourth-order valence-electron chi connectivity index (χ4n) is 0.677. The maximum atomic E-state index is 12.5. The van der Waals surface area contributed by atoms with Crippen molar-refractivity contribution in [1.29, 1.82) is 0 Å². The molecule has 0 fully saturated rings. The fraction of sp³-hybridized carbons (Fsp3) is 0.375. The summed E-state index contributed by atoms with van der Waals surface area (Å²) < 4.78 is 12.5. The molecule has 0 N–H and O–H groups in total. The summed E-state index contributed by atoms with van der Waals surface area (Å²) in [5.41, 5.74) is 0. The molecule has 1 rings (SSSR count). The second-order valence-corrected chi connectivity index (χ2v) is 3.26. The number of aromatic nitrogens is 1. The highest BCUT2D eigenvalue weighted by molar-refractivity contribution is 7.99. The van der Waals surface area contributed by atoms with Crippen LogP contribution in [0.3, 0.4) is 0 Å². The third kappa shape index (κ3) is 2.89. The van der Waals surface area contributed by atoms with Crippen LogP contribution in [0.4, 0.5) is 4.39 Å². The van der Waals surface area contributed by atoms with Gasteiger partial charge in [0.1, 0.15) is 0 Å². The normalized spacial score (nSPS) is 10.0. The SMILES string of the molecule is CCCSc1cccc(F)n1. The van der Waals surface area contributed by atoms with E-state index in [-0.39, 0.29) is 0 Å². The van der Waals surface area contributed by atoms with E-state index in [0.717, 1.165) is 17.2 Å². The van der Waals surface area contributed by atoms with E-state index in [4.69, 9.17) is 0 Å². The number of hydrogen-bond acceptors (Lipinski definition) is 2. The predicted molar refractivity (Wildman–Crippen MR) is 45.2 cm³/mol. The molecular weight excluding hydrogens is 161 g/mol.